The monoisotopic (exact) mass is 217 g/mol. The van der Waals surface area contributed by atoms with Crippen molar-refractivity contribution in [1.29, 1.82) is 0 Å². The second-order valence-corrected chi connectivity index (χ2v) is 4.12. The first-order valence-corrected chi connectivity index (χ1v) is 5.58. The molecule has 1 aromatic rings. The molecule has 0 fully saturated rings. The fraction of sp³-hybridized carbons (Fsp3) is 0.429. The molecule has 2 heteroatoms. The van der Waals surface area contributed by atoms with Crippen LogP contribution in [0.3, 0.4) is 0 Å². The fourth-order valence-corrected chi connectivity index (χ4v) is 1.30. The number of benzene rings is 1. The molecule has 0 aliphatic heterocycles. The molecule has 1 aromatic carbocycles. The maximum Gasteiger partial charge on any atom is 0.0717 e. The van der Waals surface area contributed by atoms with Crippen LogP contribution in [-0.4, -0.2) is 13.2 Å². The summed E-state index contributed by atoms with van der Waals surface area (Å²) in [6.45, 7) is 6.12. The maximum absolute atomic E-state index is 5.57. The molecule has 0 aliphatic rings. The summed E-state index contributed by atoms with van der Waals surface area (Å²) in [5.41, 5.74) is 7.48. The van der Waals surface area contributed by atoms with E-state index in [2.05, 4.69) is 25.7 Å². The summed E-state index contributed by atoms with van der Waals surface area (Å²) in [6, 6.07) is 8.07. The van der Waals surface area contributed by atoms with Crippen molar-refractivity contribution in [2.24, 2.45) is 11.7 Å². The molecule has 0 spiro atoms. The minimum Gasteiger partial charge on any atom is -0.377 e. The highest BCUT2D eigenvalue weighted by molar-refractivity contribution is 5.37. The minimum absolute atomic E-state index is 0.397. The molecule has 0 atom stereocenters. The molecule has 1 rings (SSSR count). The van der Waals surface area contributed by atoms with E-state index in [1.165, 1.54) is 0 Å². The van der Waals surface area contributed by atoms with Gasteiger partial charge in [0.1, 0.15) is 0 Å². The molecule has 16 heavy (non-hydrogen) atoms. The third-order valence-corrected chi connectivity index (χ3v) is 1.98. The Balaban J connectivity index is 2.54. The van der Waals surface area contributed by atoms with Crippen LogP contribution in [0.25, 0.3) is 0 Å². The van der Waals surface area contributed by atoms with Crippen LogP contribution in [0.4, 0.5) is 0 Å². The van der Waals surface area contributed by atoms with Crippen molar-refractivity contribution in [3.05, 3.63) is 35.4 Å². The quantitative estimate of drug-likeness (QED) is 0.784. The molecular formula is C14H19NO. The van der Waals surface area contributed by atoms with E-state index in [0.29, 0.717) is 19.1 Å². The lowest BCUT2D eigenvalue weighted by Crippen LogP contribution is -2.01. The molecule has 0 saturated heterocycles. The maximum atomic E-state index is 5.57. The molecule has 2 N–H and O–H groups in total. The summed E-state index contributed by atoms with van der Waals surface area (Å²) in [7, 11) is 0. The molecular weight excluding hydrogens is 198 g/mol. The van der Waals surface area contributed by atoms with Gasteiger partial charge in [-0.25, -0.2) is 0 Å². The van der Waals surface area contributed by atoms with E-state index in [-0.39, 0.29) is 0 Å². The number of ether oxygens (including phenoxy) is 1. The van der Waals surface area contributed by atoms with Gasteiger partial charge in [-0.05, 0) is 23.6 Å². The van der Waals surface area contributed by atoms with Gasteiger partial charge in [0.15, 0.2) is 0 Å². The van der Waals surface area contributed by atoms with E-state index < -0.39 is 0 Å². The highest BCUT2D eigenvalue weighted by Crippen LogP contribution is 2.06. The summed E-state index contributed by atoms with van der Waals surface area (Å²) >= 11 is 0. The van der Waals surface area contributed by atoms with Gasteiger partial charge in [-0.15, -0.1) is 0 Å². The summed E-state index contributed by atoms with van der Waals surface area (Å²) in [4.78, 5) is 0. The van der Waals surface area contributed by atoms with Crippen LogP contribution in [0.5, 0.6) is 0 Å². The van der Waals surface area contributed by atoms with E-state index in [1.807, 2.05) is 24.3 Å². The van der Waals surface area contributed by atoms with Crippen molar-refractivity contribution < 1.29 is 4.74 Å². The minimum atomic E-state index is 0.397. The average Bonchev–Trinajstić information content (AvgIpc) is 2.26. The summed E-state index contributed by atoms with van der Waals surface area (Å²) < 4.78 is 5.57. The van der Waals surface area contributed by atoms with Gasteiger partial charge in [0, 0.05) is 12.2 Å². The zero-order valence-corrected chi connectivity index (χ0v) is 9.99. The predicted octanol–water partition coefficient (Wildman–Crippen LogP) is 2.17. The molecule has 0 unspecified atom stereocenters. The van der Waals surface area contributed by atoms with Gasteiger partial charge in [0.2, 0.25) is 0 Å². The van der Waals surface area contributed by atoms with Crippen molar-refractivity contribution in [2.75, 3.05) is 13.2 Å². The first-order chi connectivity index (χ1) is 7.72. The van der Waals surface area contributed by atoms with E-state index in [0.717, 1.165) is 17.7 Å². The van der Waals surface area contributed by atoms with Crippen LogP contribution in [0, 0.1) is 17.8 Å². The Labute approximate surface area is 97.8 Å². The Kier molecular flexibility index (Phi) is 5.63. The standard InChI is InChI=1S/C14H19NO/c1-12(2)10-16-11-14-6-3-5-13(9-14)7-4-8-15/h3,5-6,9,12H,8,10-11,15H2,1-2H3. The molecule has 0 bridgehead atoms. The zero-order valence-electron chi connectivity index (χ0n) is 9.99. The number of hydrogen-bond donors (Lipinski definition) is 1. The van der Waals surface area contributed by atoms with E-state index in [1.54, 1.807) is 0 Å². The molecule has 0 saturated carbocycles. The summed E-state index contributed by atoms with van der Waals surface area (Å²) in [6.07, 6.45) is 0. The van der Waals surface area contributed by atoms with Gasteiger partial charge >= 0.3 is 0 Å². The lowest BCUT2D eigenvalue weighted by molar-refractivity contribution is 0.0971. The van der Waals surface area contributed by atoms with Crippen molar-refractivity contribution in [3.8, 4) is 11.8 Å². The van der Waals surface area contributed by atoms with Gasteiger partial charge in [-0.1, -0.05) is 37.8 Å². The third-order valence-electron chi connectivity index (χ3n) is 1.98. The smallest absolute Gasteiger partial charge is 0.0717 e. The predicted molar refractivity (Wildman–Crippen MR) is 66.9 cm³/mol. The topological polar surface area (TPSA) is 35.2 Å². The Hall–Kier alpha value is -1.30. The lowest BCUT2D eigenvalue weighted by Gasteiger charge is -2.06. The van der Waals surface area contributed by atoms with Gasteiger partial charge in [-0.2, -0.15) is 0 Å². The highest BCUT2D eigenvalue weighted by Gasteiger charge is 1.96. The van der Waals surface area contributed by atoms with E-state index in [4.69, 9.17) is 10.5 Å². The summed E-state index contributed by atoms with van der Waals surface area (Å²) in [5.74, 6) is 6.43. The number of hydrogen-bond acceptors (Lipinski definition) is 2. The van der Waals surface area contributed by atoms with Crippen LogP contribution in [0.2, 0.25) is 0 Å². The van der Waals surface area contributed by atoms with E-state index in [9.17, 15) is 0 Å². The average molecular weight is 217 g/mol. The Bertz CT molecular complexity index is 374. The third kappa shape index (κ3) is 4.97. The fourth-order valence-electron chi connectivity index (χ4n) is 1.30. The van der Waals surface area contributed by atoms with Crippen LogP contribution >= 0.6 is 0 Å². The molecule has 2 nitrogen and oxygen atoms in total. The van der Waals surface area contributed by atoms with Crippen molar-refractivity contribution >= 4 is 0 Å². The molecule has 86 valence electrons. The largest absolute Gasteiger partial charge is 0.377 e. The van der Waals surface area contributed by atoms with Crippen molar-refractivity contribution in [2.45, 2.75) is 20.5 Å². The lowest BCUT2D eigenvalue weighted by atomic mass is 10.1. The number of nitrogens with two attached hydrogens (primary N) is 1. The zero-order chi connectivity index (χ0) is 11.8. The van der Waals surface area contributed by atoms with Crippen LogP contribution in [-0.2, 0) is 11.3 Å². The van der Waals surface area contributed by atoms with Crippen LogP contribution < -0.4 is 5.73 Å². The summed E-state index contributed by atoms with van der Waals surface area (Å²) in [5, 5.41) is 0. The van der Waals surface area contributed by atoms with Crippen LogP contribution in [0.1, 0.15) is 25.0 Å². The highest BCUT2D eigenvalue weighted by atomic mass is 16.5. The van der Waals surface area contributed by atoms with Crippen LogP contribution in [0.15, 0.2) is 24.3 Å². The molecule has 0 radical (unpaired) electrons. The molecule has 0 aliphatic carbocycles. The molecule has 0 aromatic heterocycles. The second-order valence-electron chi connectivity index (χ2n) is 4.12. The normalized spacial score (nSPS) is 10.0. The van der Waals surface area contributed by atoms with Gasteiger partial charge < -0.3 is 10.5 Å². The van der Waals surface area contributed by atoms with Gasteiger partial charge in [-0.3, -0.25) is 0 Å². The first-order valence-electron chi connectivity index (χ1n) is 5.58. The SMILES string of the molecule is CC(C)COCc1cccc(C#CCN)c1. The molecule has 0 amide bonds. The Morgan fingerprint density at radius 2 is 2.19 bits per heavy atom. The van der Waals surface area contributed by atoms with E-state index >= 15 is 0 Å². The van der Waals surface area contributed by atoms with Crippen molar-refractivity contribution in [1.82, 2.24) is 0 Å². The Morgan fingerprint density at radius 1 is 1.38 bits per heavy atom. The second kappa shape index (κ2) is 7.05. The number of rotatable bonds is 4. The first kappa shape index (κ1) is 12.8. The molecule has 0 heterocycles. The Morgan fingerprint density at radius 3 is 2.88 bits per heavy atom. The van der Waals surface area contributed by atoms with Gasteiger partial charge in [0.25, 0.3) is 0 Å². The van der Waals surface area contributed by atoms with Crippen molar-refractivity contribution in [3.63, 3.8) is 0 Å². The van der Waals surface area contributed by atoms with Gasteiger partial charge in [0.05, 0.1) is 13.2 Å².